The minimum absolute atomic E-state index is 0.198. The largest absolute Gasteiger partial charge is 0.471 e. The van der Waals surface area contributed by atoms with Crippen LogP contribution in [0.4, 0.5) is 0 Å². The first-order chi connectivity index (χ1) is 10.7. The molecule has 0 amide bonds. The number of benzene rings is 1. The normalized spacial score (nSPS) is 18.2. The average Bonchev–Trinajstić information content (AvgIpc) is 2.75. The van der Waals surface area contributed by atoms with Crippen molar-refractivity contribution in [2.24, 2.45) is 0 Å². The molecule has 1 aromatic rings. The predicted octanol–water partition coefficient (Wildman–Crippen LogP) is 3.41. The molecule has 1 fully saturated rings. The maximum Gasteiger partial charge on any atom is 0.336 e. The van der Waals surface area contributed by atoms with Crippen molar-refractivity contribution in [2.45, 2.75) is 32.7 Å². The summed E-state index contributed by atoms with van der Waals surface area (Å²) in [6, 6.07) is 10.4. The Morgan fingerprint density at radius 1 is 1.27 bits per heavy atom. The SMILES string of the molecule is [C-]#[N+]/C(C(=O)OCC)=C1\CCCN(Cc2ccccc2)CC1. The minimum Gasteiger partial charge on any atom is -0.471 e. The summed E-state index contributed by atoms with van der Waals surface area (Å²) in [5.41, 5.74) is 2.44. The van der Waals surface area contributed by atoms with Crippen LogP contribution in [0.2, 0.25) is 0 Å². The smallest absolute Gasteiger partial charge is 0.336 e. The van der Waals surface area contributed by atoms with Crippen LogP contribution in [0.5, 0.6) is 0 Å². The molecule has 0 bridgehead atoms. The van der Waals surface area contributed by atoms with Crippen molar-refractivity contribution >= 4 is 5.97 Å². The highest BCUT2D eigenvalue weighted by atomic mass is 16.5. The number of hydrogen-bond donors (Lipinski definition) is 0. The molecule has 22 heavy (non-hydrogen) atoms. The van der Waals surface area contributed by atoms with E-state index in [1.54, 1.807) is 6.92 Å². The average molecular weight is 298 g/mol. The molecule has 0 atom stereocenters. The van der Waals surface area contributed by atoms with Gasteiger partial charge in [-0.25, -0.2) is 4.85 Å². The lowest BCUT2D eigenvalue weighted by molar-refractivity contribution is -0.138. The third kappa shape index (κ3) is 4.44. The van der Waals surface area contributed by atoms with E-state index < -0.39 is 5.97 Å². The van der Waals surface area contributed by atoms with Gasteiger partial charge in [0.2, 0.25) is 0 Å². The van der Waals surface area contributed by atoms with E-state index in [2.05, 4.69) is 34.0 Å². The topological polar surface area (TPSA) is 33.9 Å². The Labute approximate surface area is 132 Å². The second-order valence-corrected chi connectivity index (χ2v) is 5.40. The van der Waals surface area contributed by atoms with Gasteiger partial charge in [0.25, 0.3) is 5.70 Å². The highest BCUT2D eigenvalue weighted by molar-refractivity contribution is 5.91. The lowest BCUT2D eigenvalue weighted by Crippen LogP contribution is -2.24. The van der Waals surface area contributed by atoms with Crippen LogP contribution in [0.15, 0.2) is 41.6 Å². The lowest BCUT2D eigenvalue weighted by Gasteiger charge is -2.19. The van der Waals surface area contributed by atoms with Gasteiger partial charge in [-0.05, 0) is 38.3 Å². The molecule has 0 aromatic heterocycles. The van der Waals surface area contributed by atoms with Crippen LogP contribution in [-0.4, -0.2) is 30.6 Å². The van der Waals surface area contributed by atoms with Crippen LogP contribution in [0.1, 0.15) is 31.7 Å². The number of hydrogen-bond acceptors (Lipinski definition) is 3. The van der Waals surface area contributed by atoms with Crippen LogP contribution in [0, 0.1) is 6.57 Å². The third-order valence-corrected chi connectivity index (χ3v) is 3.85. The van der Waals surface area contributed by atoms with E-state index >= 15 is 0 Å². The van der Waals surface area contributed by atoms with Crippen LogP contribution >= 0.6 is 0 Å². The Bertz CT molecular complexity index is 572. The summed E-state index contributed by atoms with van der Waals surface area (Å²) in [6.45, 7) is 12.1. The Hall–Kier alpha value is -2.12. The molecular weight excluding hydrogens is 276 g/mol. The zero-order valence-electron chi connectivity index (χ0n) is 13.0. The molecule has 116 valence electrons. The minimum atomic E-state index is -0.469. The molecule has 2 rings (SSSR count). The first-order valence-corrected chi connectivity index (χ1v) is 7.77. The van der Waals surface area contributed by atoms with Crippen molar-refractivity contribution in [3.05, 3.63) is 58.6 Å². The fourth-order valence-electron chi connectivity index (χ4n) is 2.75. The van der Waals surface area contributed by atoms with Crippen molar-refractivity contribution < 1.29 is 9.53 Å². The summed E-state index contributed by atoms with van der Waals surface area (Å²) in [5, 5.41) is 0. The third-order valence-electron chi connectivity index (χ3n) is 3.85. The molecule has 1 aliphatic heterocycles. The van der Waals surface area contributed by atoms with Crippen molar-refractivity contribution in [3.63, 3.8) is 0 Å². The monoisotopic (exact) mass is 298 g/mol. The Balaban J connectivity index is 2.02. The van der Waals surface area contributed by atoms with Crippen LogP contribution < -0.4 is 0 Å². The fourth-order valence-corrected chi connectivity index (χ4v) is 2.75. The zero-order chi connectivity index (χ0) is 15.8. The number of carbonyl (C=O) groups is 1. The molecule has 0 radical (unpaired) electrons. The Morgan fingerprint density at radius 2 is 2.05 bits per heavy atom. The van der Waals surface area contributed by atoms with E-state index in [0.29, 0.717) is 6.61 Å². The van der Waals surface area contributed by atoms with Gasteiger partial charge in [-0.3, -0.25) is 9.69 Å². The van der Waals surface area contributed by atoms with Gasteiger partial charge in [-0.1, -0.05) is 35.9 Å². The zero-order valence-corrected chi connectivity index (χ0v) is 13.0. The van der Waals surface area contributed by atoms with Crippen molar-refractivity contribution in [1.82, 2.24) is 4.90 Å². The lowest BCUT2D eigenvalue weighted by atomic mass is 10.1. The van der Waals surface area contributed by atoms with E-state index in [1.807, 2.05) is 6.07 Å². The van der Waals surface area contributed by atoms with E-state index in [1.165, 1.54) is 5.56 Å². The second kappa shape index (κ2) is 8.35. The molecule has 1 heterocycles. The molecule has 4 nitrogen and oxygen atoms in total. The Kier molecular flexibility index (Phi) is 6.17. The van der Waals surface area contributed by atoms with Crippen molar-refractivity contribution in [1.29, 1.82) is 0 Å². The van der Waals surface area contributed by atoms with Gasteiger partial charge >= 0.3 is 5.97 Å². The van der Waals surface area contributed by atoms with Gasteiger partial charge in [0.15, 0.2) is 0 Å². The molecule has 4 heteroatoms. The summed E-state index contributed by atoms with van der Waals surface area (Å²) in [7, 11) is 0. The number of esters is 1. The maximum absolute atomic E-state index is 11.9. The number of carbonyl (C=O) groups excluding carboxylic acids is 1. The fraction of sp³-hybridized carbons (Fsp3) is 0.444. The summed E-state index contributed by atoms with van der Waals surface area (Å²) in [5.74, 6) is -0.469. The van der Waals surface area contributed by atoms with E-state index in [4.69, 9.17) is 11.3 Å². The van der Waals surface area contributed by atoms with E-state index in [0.717, 1.165) is 44.5 Å². The molecule has 1 saturated heterocycles. The molecule has 0 saturated carbocycles. The molecular formula is C18H22N2O2. The van der Waals surface area contributed by atoms with Gasteiger partial charge < -0.3 is 4.74 Å². The second-order valence-electron chi connectivity index (χ2n) is 5.40. The number of ether oxygens (including phenoxy) is 1. The number of nitrogens with zero attached hydrogens (tertiary/aromatic N) is 2. The van der Waals surface area contributed by atoms with Gasteiger partial charge in [-0.15, -0.1) is 0 Å². The number of rotatable bonds is 4. The molecule has 1 aromatic carbocycles. The van der Waals surface area contributed by atoms with Gasteiger partial charge in [0, 0.05) is 13.1 Å². The summed E-state index contributed by atoms with van der Waals surface area (Å²) in [4.78, 5) is 17.7. The van der Waals surface area contributed by atoms with Crippen molar-refractivity contribution in [3.8, 4) is 0 Å². The Morgan fingerprint density at radius 3 is 2.73 bits per heavy atom. The highest BCUT2D eigenvalue weighted by Gasteiger charge is 2.20. The van der Waals surface area contributed by atoms with Crippen LogP contribution in [-0.2, 0) is 16.1 Å². The highest BCUT2D eigenvalue weighted by Crippen LogP contribution is 2.23. The van der Waals surface area contributed by atoms with Crippen molar-refractivity contribution in [2.75, 3.05) is 19.7 Å². The number of likely N-dealkylation sites (tertiary alicyclic amines) is 1. The van der Waals surface area contributed by atoms with Gasteiger partial charge in [-0.2, -0.15) is 0 Å². The van der Waals surface area contributed by atoms with E-state index in [-0.39, 0.29) is 5.70 Å². The first-order valence-electron chi connectivity index (χ1n) is 7.77. The molecule has 0 unspecified atom stereocenters. The molecule has 0 aliphatic carbocycles. The summed E-state index contributed by atoms with van der Waals surface area (Å²) in [6.07, 6.45) is 2.55. The van der Waals surface area contributed by atoms with E-state index in [9.17, 15) is 4.79 Å². The summed E-state index contributed by atoms with van der Waals surface area (Å²) < 4.78 is 4.99. The predicted molar refractivity (Wildman–Crippen MR) is 85.8 cm³/mol. The van der Waals surface area contributed by atoms with Crippen LogP contribution in [0.25, 0.3) is 4.85 Å². The van der Waals surface area contributed by atoms with Gasteiger partial charge in [0.05, 0.1) is 13.2 Å². The van der Waals surface area contributed by atoms with Crippen LogP contribution in [0.3, 0.4) is 0 Å². The molecule has 0 spiro atoms. The first kappa shape index (κ1) is 16.3. The molecule has 1 aliphatic rings. The maximum atomic E-state index is 11.9. The standard InChI is InChI=1S/C18H22N2O2/c1-3-22-18(21)17(19-2)16-10-7-12-20(13-11-16)14-15-8-5-4-6-9-15/h4-6,8-9H,3,7,10-14H2,1H3/b17-16+. The summed E-state index contributed by atoms with van der Waals surface area (Å²) >= 11 is 0. The van der Waals surface area contributed by atoms with Gasteiger partial charge in [0.1, 0.15) is 0 Å². The quantitative estimate of drug-likeness (QED) is 0.485. The molecule has 0 N–H and O–H groups in total.